The van der Waals surface area contributed by atoms with E-state index in [2.05, 4.69) is 12.1 Å². The van der Waals surface area contributed by atoms with Gasteiger partial charge in [0, 0.05) is 14.6 Å². The molecule has 0 saturated heterocycles. The lowest BCUT2D eigenvalue weighted by Gasteiger charge is -2.08. The summed E-state index contributed by atoms with van der Waals surface area (Å²) < 4.78 is 0.858. The fraction of sp³-hybridized carbons (Fsp3) is 0.429. The molecule has 1 aliphatic carbocycles. The van der Waals surface area contributed by atoms with E-state index in [1.54, 1.807) is 16.2 Å². The van der Waals surface area contributed by atoms with Crippen molar-refractivity contribution in [1.82, 2.24) is 0 Å². The summed E-state index contributed by atoms with van der Waals surface area (Å²) in [4.78, 5) is 3.99. The smallest absolute Gasteiger partial charge is 0.102 e. The molecule has 0 saturated carbocycles. The molecular formula is C14H14Cl2S2. The summed E-state index contributed by atoms with van der Waals surface area (Å²) in [5.41, 5.74) is 2.65. The van der Waals surface area contributed by atoms with Crippen LogP contribution in [-0.2, 0) is 12.8 Å². The fourth-order valence-electron chi connectivity index (χ4n) is 2.39. The topological polar surface area (TPSA) is 0 Å². The first-order chi connectivity index (χ1) is 8.65. The van der Waals surface area contributed by atoms with Crippen molar-refractivity contribution in [3.05, 3.63) is 42.2 Å². The first-order valence-corrected chi connectivity index (χ1v) is 8.61. The molecule has 0 fully saturated rings. The summed E-state index contributed by atoms with van der Waals surface area (Å²) in [5, 5.41) is -0.0307. The minimum atomic E-state index is -0.0307. The minimum Gasteiger partial charge on any atom is -0.143 e. The second kappa shape index (κ2) is 5.16. The normalized spacial score (nSPS) is 16.6. The van der Waals surface area contributed by atoms with Crippen LogP contribution in [0.25, 0.3) is 0 Å². The minimum absolute atomic E-state index is 0.0307. The third-order valence-electron chi connectivity index (χ3n) is 3.39. The molecular weight excluding hydrogens is 303 g/mol. The first-order valence-electron chi connectivity index (χ1n) is 6.16. The molecule has 18 heavy (non-hydrogen) atoms. The zero-order chi connectivity index (χ0) is 12.7. The fourth-order valence-corrected chi connectivity index (χ4v) is 5.32. The Bertz CT molecular complexity index is 525. The summed E-state index contributed by atoms with van der Waals surface area (Å²) in [6.45, 7) is 2.03. The van der Waals surface area contributed by atoms with Crippen molar-refractivity contribution in [2.75, 3.05) is 0 Å². The Labute approximate surface area is 126 Å². The zero-order valence-electron chi connectivity index (χ0n) is 10.1. The maximum Gasteiger partial charge on any atom is 0.102 e. The number of thiophene rings is 2. The maximum atomic E-state index is 6.60. The highest BCUT2D eigenvalue weighted by molar-refractivity contribution is 7.17. The van der Waals surface area contributed by atoms with Gasteiger partial charge in [0.05, 0.1) is 4.34 Å². The number of hydrogen-bond donors (Lipinski definition) is 0. The van der Waals surface area contributed by atoms with Gasteiger partial charge < -0.3 is 0 Å². The van der Waals surface area contributed by atoms with Crippen LogP contribution in [0.15, 0.2) is 12.1 Å². The molecule has 0 aliphatic heterocycles. The molecule has 1 unspecified atom stereocenters. The quantitative estimate of drug-likeness (QED) is 0.598. The van der Waals surface area contributed by atoms with Crippen LogP contribution in [0.5, 0.6) is 0 Å². The van der Waals surface area contributed by atoms with Crippen molar-refractivity contribution in [2.45, 2.75) is 38.0 Å². The predicted octanol–water partition coefficient (Wildman–Crippen LogP) is 5.98. The van der Waals surface area contributed by atoms with Gasteiger partial charge in [-0.3, -0.25) is 0 Å². The summed E-state index contributed by atoms with van der Waals surface area (Å²) in [5.74, 6) is 0. The molecule has 0 spiro atoms. The van der Waals surface area contributed by atoms with Crippen molar-refractivity contribution >= 4 is 45.9 Å². The van der Waals surface area contributed by atoms with E-state index in [0.717, 1.165) is 14.8 Å². The van der Waals surface area contributed by atoms with E-state index in [1.165, 1.54) is 36.1 Å². The second-order valence-electron chi connectivity index (χ2n) is 4.77. The van der Waals surface area contributed by atoms with Gasteiger partial charge in [0.2, 0.25) is 0 Å². The van der Waals surface area contributed by atoms with Crippen molar-refractivity contribution in [1.29, 1.82) is 0 Å². The lowest BCUT2D eigenvalue weighted by molar-refractivity contribution is 0.697. The van der Waals surface area contributed by atoms with Gasteiger partial charge >= 0.3 is 0 Å². The molecule has 4 heteroatoms. The van der Waals surface area contributed by atoms with Crippen molar-refractivity contribution in [3.63, 3.8) is 0 Å². The summed E-state index contributed by atoms with van der Waals surface area (Å²) in [6.07, 6.45) is 5.09. The van der Waals surface area contributed by atoms with E-state index >= 15 is 0 Å². The molecule has 96 valence electrons. The van der Waals surface area contributed by atoms with Crippen LogP contribution >= 0.6 is 45.9 Å². The molecule has 0 aromatic carbocycles. The van der Waals surface area contributed by atoms with Crippen LogP contribution in [0.1, 0.15) is 44.0 Å². The number of fused-ring (bicyclic) bond motifs is 1. The molecule has 3 rings (SSSR count). The highest BCUT2D eigenvalue weighted by Gasteiger charge is 2.20. The van der Waals surface area contributed by atoms with Gasteiger partial charge in [0.1, 0.15) is 5.38 Å². The standard InChI is InChI=1S/C14H14Cl2S2/c1-8-6-11(18-14(8)16)13(15)12-7-9-4-2-3-5-10(9)17-12/h6-7,13H,2-5H2,1H3. The van der Waals surface area contributed by atoms with Crippen LogP contribution in [-0.4, -0.2) is 0 Å². The summed E-state index contributed by atoms with van der Waals surface area (Å²) in [6, 6.07) is 4.42. The number of aryl methyl sites for hydroxylation is 3. The third-order valence-corrected chi connectivity index (χ3v) is 7.04. The van der Waals surface area contributed by atoms with Gasteiger partial charge in [0.25, 0.3) is 0 Å². The van der Waals surface area contributed by atoms with Gasteiger partial charge in [-0.05, 0) is 55.9 Å². The van der Waals surface area contributed by atoms with Gasteiger partial charge in [-0.25, -0.2) is 0 Å². The molecule has 2 heterocycles. The van der Waals surface area contributed by atoms with E-state index < -0.39 is 0 Å². The van der Waals surface area contributed by atoms with Gasteiger partial charge in [-0.2, -0.15) is 0 Å². The first kappa shape index (κ1) is 13.0. The number of hydrogen-bond acceptors (Lipinski definition) is 2. The Morgan fingerprint density at radius 3 is 2.50 bits per heavy atom. The van der Waals surface area contributed by atoms with E-state index in [1.807, 2.05) is 18.3 Å². The Hall–Kier alpha value is -0.0200. The summed E-state index contributed by atoms with van der Waals surface area (Å²) in [7, 11) is 0. The van der Waals surface area contributed by atoms with Crippen molar-refractivity contribution < 1.29 is 0 Å². The second-order valence-corrected chi connectivity index (χ2v) is 8.06. The number of rotatable bonds is 2. The molecule has 0 N–H and O–H groups in total. The van der Waals surface area contributed by atoms with Gasteiger partial charge in [0.15, 0.2) is 0 Å². The predicted molar refractivity (Wildman–Crippen MR) is 82.7 cm³/mol. The zero-order valence-corrected chi connectivity index (χ0v) is 13.3. The Morgan fingerprint density at radius 1 is 1.11 bits per heavy atom. The molecule has 2 aromatic rings. The van der Waals surface area contributed by atoms with Crippen LogP contribution in [0.2, 0.25) is 4.34 Å². The van der Waals surface area contributed by atoms with Gasteiger partial charge in [-0.15, -0.1) is 34.3 Å². The van der Waals surface area contributed by atoms with E-state index in [9.17, 15) is 0 Å². The highest BCUT2D eigenvalue weighted by Crippen LogP contribution is 2.42. The van der Waals surface area contributed by atoms with Crippen molar-refractivity contribution in [3.8, 4) is 0 Å². The van der Waals surface area contributed by atoms with Crippen LogP contribution < -0.4 is 0 Å². The molecule has 0 nitrogen and oxygen atoms in total. The lowest BCUT2D eigenvalue weighted by Crippen LogP contribution is -1.96. The molecule has 0 amide bonds. The summed E-state index contributed by atoms with van der Waals surface area (Å²) >= 11 is 16.2. The molecule has 1 atom stereocenters. The van der Waals surface area contributed by atoms with Crippen LogP contribution in [0.3, 0.4) is 0 Å². The average molecular weight is 317 g/mol. The molecule has 0 bridgehead atoms. The molecule has 1 aliphatic rings. The maximum absolute atomic E-state index is 6.60. The highest BCUT2D eigenvalue weighted by atomic mass is 35.5. The molecule has 2 aromatic heterocycles. The number of halogens is 2. The van der Waals surface area contributed by atoms with Crippen LogP contribution in [0.4, 0.5) is 0 Å². The molecule has 0 radical (unpaired) electrons. The van der Waals surface area contributed by atoms with Gasteiger partial charge in [-0.1, -0.05) is 11.6 Å². The lowest BCUT2D eigenvalue weighted by atomic mass is 9.99. The van der Waals surface area contributed by atoms with Crippen LogP contribution in [0, 0.1) is 6.92 Å². The Balaban J connectivity index is 1.92. The Kier molecular flexibility index (Phi) is 3.72. The Morgan fingerprint density at radius 2 is 1.83 bits per heavy atom. The van der Waals surface area contributed by atoms with Crippen molar-refractivity contribution in [2.24, 2.45) is 0 Å². The van der Waals surface area contributed by atoms with E-state index in [0.29, 0.717) is 0 Å². The average Bonchev–Trinajstić information content (AvgIpc) is 2.93. The largest absolute Gasteiger partial charge is 0.143 e. The van der Waals surface area contributed by atoms with E-state index in [4.69, 9.17) is 23.2 Å². The third kappa shape index (κ3) is 2.36. The van der Waals surface area contributed by atoms with E-state index in [-0.39, 0.29) is 5.38 Å². The number of alkyl halides is 1. The monoisotopic (exact) mass is 316 g/mol. The SMILES string of the molecule is Cc1cc(C(Cl)c2cc3c(s2)CCCC3)sc1Cl.